The molecule has 3 N–H and O–H groups in total. The summed E-state index contributed by atoms with van der Waals surface area (Å²) in [5, 5.41) is 0. The van der Waals surface area contributed by atoms with E-state index >= 15 is 0 Å². The van der Waals surface area contributed by atoms with Gasteiger partial charge in [-0.15, -0.1) is 0 Å². The molecule has 0 bridgehead atoms. The van der Waals surface area contributed by atoms with Crippen molar-refractivity contribution in [1.82, 2.24) is 0 Å². The predicted molar refractivity (Wildman–Crippen MR) is 23.5 cm³/mol. The molecule has 0 unspecified atom stereocenters. The molecule has 5 nitrogen and oxygen atoms in total. The summed E-state index contributed by atoms with van der Waals surface area (Å²) in [4.78, 5) is 21.6. The summed E-state index contributed by atoms with van der Waals surface area (Å²) >= 11 is 1.70. The zero-order chi connectivity index (χ0) is 6.50. The molecule has 55 valence electrons. The fourth-order valence-electron chi connectivity index (χ4n) is 0. The van der Waals surface area contributed by atoms with Crippen LogP contribution in [0.15, 0.2) is 0 Å². The fraction of sp³-hybridized carbons (Fsp3) is 0. The molecule has 0 amide bonds. The third-order valence-electron chi connectivity index (χ3n) is 0. The second kappa shape index (κ2) is 13.1. The molecule has 0 aliphatic heterocycles. The minimum atomic E-state index is -4.64. The van der Waals surface area contributed by atoms with Crippen molar-refractivity contribution in [3.05, 3.63) is 0 Å². The van der Waals surface area contributed by atoms with Gasteiger partial charge in [-0.25, -0.2) is 4.57 Å². The second-order valence-electron chi connectivity index (χ2n) is 0.513. The molecule has 0 heterocycles. The first-order chi connectivity index (χ1) is 3.00. The van der Waals surface area contributed by atoms with Crippen LogP contribution in [-0.2, 0) is 48.3 Å². The van der Waals surface area contributed by atoms with E-state index in [0.29, 0.717) is 0 Å². The zero-order valence-corrected chi connectivity index (χ0v) is 8.96. The molecule has 0 aliphatic carbocycles. The Bertz CT molecular complexity index is 72.8. The molecule has 0 aromatic rings. The molecule has 9 heteroatoms. The Balaban J connectivity index is -0.0000000286. The van der Waals surface area contributed by atoms with Gasteiger partial charge < -0.3 is 14.7 Å². The van der Waals surface area contributed by atoms with Gasteiger partial charge in [-0.2, -0.15) is 0 Å². The van der Waals surface area contributed by atoms with E-state index in [2.05, 4.69) is 0 Å². The van der Waals surface area contributed by atoms with E-state index in [1.165, 1.54) is 0 Å². The average Bonchev–Trinajstić information content (AvgIpc) is 1.36. The van der Waals surface area contributed by atoms with Crippen LogP contribution in [0.4, 0.5) is 0 Å². The Kier molecular flexibility index (Phi) is 32.9. The van der Waals surface area contributed by atoms with Gasteiger partial charge in [0.2, 0.25) is 0 Å². The van der Waals surface area contributed by atoms with Crippen LogP contribution in [0.25, 0.3) is 0 Å². The van der Waals surface area contributed by atoms with Crippen molar-refractivity contribution in [2.24, 2.45) is 0 Å². The van der Waals surface area contributed by atoms with E-state index in [9.17, 15) is 0 Å². The van der Waals surface area contributed by atoms with E-state index in [-0.39, 0.29) is 57.2 Å². The summed E-state index contributed by atoms with van der Waals surface area (Å²) in [7, 11) is -4.64. The van der Waals surface area contributed by atoms with E-state index in [0.717, 1.165) is 0 Å². The van der Waals surface area contributed by atoms with Gasteiger partial charge in [0.05, 0.1) is 0 Å². The maximum absolute atomic E-state index is 8.88. The van der Waals surface area contributed by atoms with Crippen LogP contribution in [0.3, 0.4) is 0 Å². The molecule has 0 aromatic carbocycles. The SMILES string of the molecule is O=P(O)(O)O.[CaH2].[O]=[Ag].[Zn]. The first-order valence-electron chi connectivity index (χ1n) is 0.906. The topological polar surface area (TPSA) is 94.8 Å². The Labute approximate surface area is 107 Å². The summed E-state index contributed by atoms with van der Waals surface area (Å²) in [5.74, 6) is 0. The Morgan fingerprint density at radius 2 is 1.11 bits per heavy atom. The number of hydrogen-bond donors (Lipinski definition) is 3. The Morgan fingerprint density at radius 3 is 1.11 bits per heavy atom. The van der Waals surface area contributed by atoms with Gasteiger partial charge in [0, 0.05) is 19.5 Å². The monoisotopic (exact) mass is 327 g/mol. The van der Waals surface area contributed by atoms with Gasteiger partial charge in [0.15, 0.2) is 0 Å². The van der Waals surface area contributed by atoms with Crippen LogP contribution < -0.4 is 0 Å². The molecule has 9 heavy (non-hydrogen) atoms. The van der Waals surface area contributed by atoms with Crippen LogP contribution in [0, 0.1) is 0 Å². The first-order valence-corrected chi connectivity index (χ1v) is 3.08. The largest absolute Gasteiger partial charge is 0 e. The minimum Gasteiger partial charge on any atom is 0 e. The van der Waals surface area contributed by atoms with Crippen molar-refractivity contribution in [1.29, 1.82) is 0 Å². The van der Waals surface area contributed by atoms with Gasteiger partial charge in [-0.05, 0) is 0 Å². The molecular formula is H5AgCaO5PZn. The molecule has 0 saturated heterocycles. The Hall–Kier alpha value is 2.53. The second-order valence-corrected chi connectivity index (χ2v) is 1.54. The van der Waals surface area contributed by atoms with E-state index in [1.54, 1.807) is 21.0 Å². The third kappa shape index (κ3) is 120. The van der Waals surface area contributed by atoms with E-state index < -0.39 is 7.82 Å². The summed E-state index contributed by atoms with van der Waals surface area (Å²) < 4.78 is 16.9. The molecule has 0 radical (unpaired) electrons. The zero-order valence-electron chi connectivity index (χ0n) is 3.61. The van der Waals surface area contributed by atoms with Crippen molar-refractivity contribution >= 4 is 45.6 Å². The summed E-state index contributed by atoms with van der Waals surface area (Å²) in [6.45, 7) is 0. The standard InChI is InChI=1S/Ag.Ca.H3O4P.O.Zn.2H/c;;1-5(2,3)4;;;;/h;;(H3,1,2,3,4);;;;. The average molecular weight is 329 g/mol. The Morgan fingerprint density at radius 1 is 1.11 bits per heavy atom. The van der Waals surface area contributed by atoms with Crippen LogP contribution in [0.5, 0.6) is 0 Å². The molecule has 0 aromatic heterocycles. The van der Waals surface area contributed by atoms with Crippen molar-refractivity contribution in [3.8, 4) is 0 Å². The van der Waals surface area contributed by atoms with Gasteiger partial charge in [0.1, 0.15) is 0 Å². The maximum Gasteiger partial charge on any atom is 0 e. The molecule has 0 fully saturated rings. The third-order valence-corrected chi connectivity index (χ3v) is 0. The van der Waals surface area contributed by atoms with Gasteiger partial charge >= 0.3 is 69.9 Å². The number of phosphoric acid groups is 1. The smallest absolute Gasteiger partial charge is 0 e. The molecule has 0 rings (SSSR count). The van der Waals surface area contributed by atoms with Gasteiger partial charge in [-0.1, -0.05) is 0 Å². The van der Waals surface area contributed by atoms with E-state index in [1.807, 2.05) is 0 Å². The normalized spacial score (nSPS) is 7.22. The van der Waals surface area contributed by atoms with Crippen LogP contribution in [0.1, 0.15) is 0 Å². The van der Waals surface area contributed by atoms with Crippen molar-refractivity contribution in [2.45, 2.75) is 0 Å². The molecule has 0 spiro atoms. The van der Waals surface area contributed by atoms with Crippen LogP contribution in [-0.4, -0.2) is 52.4 Å². The van der Waals surface area contributed by atoms with Crippen LogP contribution >= 0.6 is 7.82 Å². The van der Waals surface area contributed by atoms with E-state index in [4.69, 9.17) is 22.5 Å². The summed E-state index contributed by atoms with van der Waals surface area (Å²) in [5.41, 5.74) is 0. The first kappa shape index (κ1) is 22.5. The maximum atomic E-state index is 8.88. The molecule has 0 atom stereocenters. The minimum absolute atomic E-state index is 0. The predicted octanol–water partition coefficient (Wildman–Crippen LogP) is -1.97. The van der Waals surface area contributed by atoms with Crippen molar-refractivity contribution < 1.29 is 63.0 Å². The van der Waals surface area contributed by atoms with Gasteiger partial charge in [0.25, 0.3) is 0 Å². The van der Waals surface area contributed by atoms with Crippen molar-refractivity contribution in [2.75, 3.05) is 0 Å². The number of hydrogen-bond acceptors (Lipinski definition) is 2. The molecule has 0 saturated carbocycles. The molecular weight excluding hydrogens is 324 g/mol. The van der Waals surface area contributed by atoms with Crippen LogP contribution in [0.2, 0.25) is 0 Å². The fourth-order valence-corrected chi connectivity index (χ4v) is 0. The van der Waals surface area contributed by atoms with Crippen molar-refractivity contribution in [3.63, 3.8) is 0 Å². The summed E-state index contributed by atoms with van der Waals surface area (Å²) in [6, 6.07) is 0. The summed E-state index contributed by atoms with van der Waals surface area (Å²) in [6.07, 6.45) is 0. The molecule has 0 aliphatic rings. The number of rotatable bonds is 0. The quantitative estimate of drug-likeness (QED) is 0.354. The van der Waals surface area contributed by atoms with Gasteiger partial charge in [-0.3, -0.25) is 0 Å².